The standard InChI is InChI=1S/C15H27NO3/c1-2-3-4-5-6-7-9-13(17)16-15(10-8-11-15)12-14(18)19/h2-12H2,1H3,(H,16,17)(H,18,19). The summed E-state index contributed by atoms with van der Waals surface area (Å²) in [6, 6.07) is 0. The Kier molecular flexibility index (Phi) is 6.89. The lowest BCUT2D eigenvalue weighted by molar-refractivity contribution is -0.140. The summed E-state index contributed by atoms with van der Waals surface area (Å²) in [6.07, 6.45) is 10.2. The van der Waals surface area contributed by atoms with E-state index in [0.29, 0.717) is 6.42 Å². The highest BCUT2D eigenvalue weighted by atomic mass is 16.4. The molecule has 4 heteroatoms. The van der Waals surface area contributed by atoms with Gasteiger partial charge < -0.3 is 10.4 Å². The van der Waals surface area contributed by atoms with Crippen LogP contribution in [0.3, 0.4) is 0 Å². The van der Waals surface area contributed by atoms with Crippen LogP contribution in [0.15, 0.2) is 0 Å². The van der Waals surface area contributed by atoms with Crippen LogP contribution >= 0.6 is 0 Å². The molecule has 110 valence electrons. The molecule has 0 aliphatic heterocycles. The smallest absolute Gasteiger partial charge is 0.305 e. The summed E-state index contributed by atoms with van der Waals surface area (Å²) in [5.74, 6) is -0.795. The van der Waals surface area contributed by atoms with Gasteiger partial charge in [-0.3, -0.25) is 9.59 Å². The fourth-order valence-electron chi connectivity index (χ4n) is 2.66. The highest BCUT2D eigenvalue weighted by Crippen LogP contribution is 2.35. The average molecular weight is 269 g/mol. The molecule has 0 radical (unpaired) electrons. The van der Waals surface area contributed by atoms with Gasteiger partial charge in [-0.05, 0) is 25.7 Å². The van der Waals surface area contributed by atoms with E-state index in [2.05, 4.69) is 12.2 Å². The summed E-state index contributed by atoms with van der Waals surface area (Å²) in [4.78, 5) is 22.6. The van der Waals surface area contributed by atoms with E-state index in [0.717, 1.165) is 32.1 Å². The number of unbranched alkanes of at least 4 members (excludes halogenated alkanes) is 5. The summed E-state index contributed by atoms with van der Waals surface area (Å²) in [5.41, 5.74) is -0.439. The van der Waals surface area contributed by atoms with E-state index in [4.69, 9.17) is 5.11 Å². The molecular weight excluding hydrogens is 242 g/mol. The third kappa shape index (κ3) is 6.08. The van der Waals surface area contributed by atoms with Gasteiger partial charge in [0.15, 0.2) is 0 Å². The van der Waals surface area contributed by atoms with Crippen molar-refractivity contribution in [3.8, 4) is 0 Å². The zero-order valence-corrected chi connectivity index (χ0v) is 12.0. The molecule has 4 nitrogen and oxygen atoms in total. The summed E-state index contributed by atoms with van der Waals surface area (Å²) in [6.45, 7) is 2.19. The maximum absolute atomic E-state index is 11.8. The van der Waals surface area contributed by atoms with Crippen molar-refractivity contribution in [3.05, 3.63) is 0 Å². The molecule has 0 unspecified atom stereocenters. The minimum Gasteiger partial charge on any atom is -0.481 e. The van der Waals surface area contributed by atoms with Gasteiger partial charge in [0.1, 0.15) is 0 Å². The molecule has 1 rings (SSSR count). The number of carbonyl (C=O) groups is 2. The maximum Gasteiger partial charge on any atom is 0.305 e. The molecule has 0 heterocycles. The lowest BCUT2D eigenvalue weighted by Crippen LogP contribution is -2.54. The number of hydrogen-bond donors (Lipinski definition) is 2. The van der Waals surface area contributed by atoms with Crippen molar-refractivity contribution in [1.82, 2.24) is 5.32 Å². The first-order valence-electron chi connectivity index (χ1n) is 7.61. The predicted molar refractivity (Wildman–Crippen MR) is 75.0 cm³/mol. The van der Waals surface area contributed by atoms with Crippen molar-refractivity contribution >= 4 is 11.9 Å². The minimum absolute atomic E-state index is 0.0245. The van der Waals surface area contributed by atoms with Gasteiger partial charge in [-0.1, -0.05) is 39.0 Å². The molecule has 0 aromatic rings. The molecule has 1 aliphatic carbocycles. The largest absolute Gasteiger partial charge is 0.481 e. The van der Waals surface area contributed by atoms with E-state index in [9.17, 15) is 9.59 Å². The van der Waals surface area contributed by atoms with Crippen molar-refractivity contribution in [2.24, 2.45) is 0 Å². The number of carbonyl (C=O) groups excluding carboxylic acids is 1. The van der Waals surface area contributed by atoms with Crippen LogP contribution in [-0.4, -0.2) is 22.5 Å². The lowest BCUT2D eigenvalue weighted by Gasteiger charge is -2.41. The van der Waals surface area contributed by atoms with Gasteiger partial charge in [0.05, 0.1) is 12.0 Å². The minimum atomic E-state index is -0.820. The van der Waals surface area contributed by atoms with Gasteiger partial charge >= 0.3 is 5.97 Å². The SMILES string of the molecule is CCCCCCCCC(=O)NC1(CC(=O)O)CCC1. The Morgan fingerprint density at radius 1 is 1.11 bits per heavy atom. The maximum atomic E-state index is 11.8. The Morgan fingerprint density at radius 2 is 1.74 bits per heavy atom. The first-order chi connectivity index (χ1) is 9.08. The predicted octanol–water partition coefficient (Wildman–Crippen LogP) is 3.25. The Labute approximate surface area is 116 Å². The zero-order chi connectivity index (χ0) is 14.1. The molecule has 0 spiro atoms. The third-order valence-corrected chi connectivity index (χ3v) is 3.96. The monoisotopic (exact) mass is 269 g/mol. The highest BCUT2D eigenvalue weighted by molar-refractivity contribution is 5.78. The molecule has 2 N–H and O–H groups in total. The zero-order valence-electron chi connectivity index (χ0n) is 12.0. The van der Waals surface area contributed by atoms with E-state index in [1.54, 1.807) is 0 Å². The second-order valence-electron chi connectivity index (χ2n) is 5.77. The molecule has 19 heavy (non-hydrogen) atoms. The van der Waals surface area contributed by atoms with E-state index >= 15 is 0 Å². The third-order valence-electron chi connectivity index (χ3n) is 3.96. The fourth-order valence-corrected chi connectivity index (χ4v) is 2.66. The van der Waals surface area contributed by atoms with Gasteiger partial charge in [-0.2, -0.15) is 0 Å². The summed E-state index contributed by atoms with van der Waals surface area (Å²) in [5, 5.41) is 11.8. The quantitative estimate of drug-likeness (QED) is 0.598. The van der Waals surface area contributed by atoms with Crippen LogP contribution in [-0.2, 0) is 9.59 Å². The van der Waals surface area contributed by atoms with Crippen molar-refractivity contribution in [2.45, 2.75) is 83.1 Å². The van der Waals surface area contributed by atoms with Crippen molar-refractivity contribution < 1.29 is 14.7 Å². The molecule has 1 aliphatic rings. The van der Waals surface area contributed by atoms with Crippen LogP contribution in [0, 0.1) is 0 Å². The molecular formula is C15H27NO3. The number of nitrogens with one attached hydrogen (secondary N) is 1. The van der Waals surface area contributed by atoms with Gasteiger partial charge in [0, 0.05) is 6.42 Å². The molecule has 0 aromatic carbocycles. The van der Waals surface area contributed by atoms with Crippen molar-refractivity contribution in [3.63, 3.8) is 0 Å². The summed E-state index contributed by atoms with van der Waals surface area (Å²) in [7, 11) is 0. The Bertz CT molecular complexity index is 298. The number of carboxylic acid groups (broad SMARTS) is 1. The van der Waals surface area contributed by atoms with E-state index < -0.39 is 11.5 Å². The van der Waals surface area contributed by atoms with Gasteiger partial charge in [0.2, 0.25) is 5.91 Å². The van der Waals surface area contributed by atoms with Crippen molar-refractivity contribution in [2.75, 3.05) is 0 Å². The van der Waals surface area contributed by atoms with Crippen LogP contribution in [0.25, 0.3) is 0 Å². The van der Waals surface area contributed by atoms with Gasteiger partial charge in [0.25, 0.3) is 0 Å². The topological polar surface area (TPSA) is 66.4 Å². The van der Waals surface area contributed by atoms with E-state index in [1.165, 1.54) is 25.7 Å². The van der Waals surface area contributed by atoms with Crippen LogP contribution in [0.4, 0.5) is 0 Å². The second kappa shape index (κ2) is 8.18. The number of carboxylic acids is 1. The lowest BCUT2D eigenvalue weighted by atomic mass is 9.74. The van der Waals surface area contributed by atoms with Gasteiger partial charge in [-0.25, -0.2) is 0 Å². The average Bonchev–Trinajstić information content (AvgIpc) is 2.30. The molecule has 1 saturated carbocycles. The van der Waals surface area contributed by atoms with Crippen molar-refractivity contribution in [1.29, 1.82) is 0 Å². The van der Waals surface area contributed by atoms with Crippen LogP contribution in [0.5, 0.6) is 0 Å². The van der Waals surface area contributed by atoms with E-state index in [1.807, 2.05) is 0 Å². The number of hydrogen-bond acceptors (Lipinski definition) is 2. The molecule has 0 aromatic heterocycles. The Balaban J connectivity index is 2.14. The first kappa shape index (κ1) is 16.0. The van der Waals surface area contributed by atoms with Gasteiger partial charge in [-0.15, -0.1) is 0 Å². The summed E-state index contributed by atoms with van der Waals surface area (Å²) < 4.78 is 0. The highest BCUT2D eigenvalue weighted by Gasteiger charge is 2.40. The van der Waals surface area contributed by atoms with Crippen LogP contribution in [0.1, 0.15) is 77.6 Å². The summed E-state index contributed by atoms with van der Waals surface area (Å²) >= 11 is 0. The number of aliphatic carboxylic acids is 1. The Hall–Kier alpha value is -1.06. The molecule has 1 amide bonds. The Morgan fingerprint density at radius 3 is 2.26 bits per heavy atom. The van der Waals surface area contributed by atoms with Crippen LogP contribution < -0.4 is 5.32 Å². The van der Waals surface area contributed by atoms with E-state index in [-0.39, 0.29) is 12.3 Å². The fraction of sp³-hybridized carbons (Fsp3) is 0.867. The normalized spacial score (nSPS) is 16.7. The van der Waals surface area contributed by atoms with Crippen LogP contribution in [0.2, 0.25) is 0 Å². The molecule has 0 bridgehead atoms. The molecule has 0 atom stereocenters. The molecule has 0 saturated heterocycles. The number of rotatable bonds is 10. The first-order valence-corrected chi connectivity index (χ1v) is 7.61. The number of amides is 1. The molecule has 1 fully saturated rings. The second-order valence-corrected chi connectivity index (χ2v) is 5.77.